The zero-order chi connectivity index (χ0) is 20.0. The van der Waals surface area contributed by atoms with E-state index in [9.17, 15) is 40.5 Å². The predicted octanol–water partition coefficient (Wildman–Crippen LogP) is 2.17. The molecular weight excluding hydrogens is 356 g/mol. The number of anilines is 2. The Hall–Kier alpha value is -4.36. The highest BCUT2D eigenvalue weighted by Crippen LogP contribution is 2.32. The molecular formula is C12H10N6O8. The number of nitrogens with zero attached hydrogens (tertiary/aromatic N) is 4. The van der Waals surface area contributed by atoms with Crippen LogP contribution in [0.4, 0.5) is 34.1 Å². The van der Waals surface area contributed by atoms with Crippen molar-refractivity contribution < 1.29 is 19.7 Å². The van der Waals surface area contributed by atoms with Crippen molar-refractivity contribution in [1.82, 2.24) is 0 Å². The highest BCUT2D eigenvalue weighted by Gasteiger charge is 2.27. The monoisotopic (exact) mass is 366 g/mol. The number of nitrogen functional groups attached to an aromatic ring is 2. The fourth-order valence-corrected chi connectivity index (χ4v) is 1.79. The molecule has 14 nitrogen and oxygen atoms in total. The van der Waals surface area contributed by atoms with Gasteiger partial charge in [-0.15, -0.1) is 0 Å². The van der Waals surface area contributed by atoms with E-state index >= 15 is 0 Å². The van der Waals surface area contributed by atoms with Crippen LogP contribution in [0.5, 0.6) is 0 Å². The van der Waals surface area contributed by atoms with Crippen molar-refractivity contribution in [2.75, 3.05) is 11.5 Å². The summed E-state index contributed by atoms with van der Waals surface area (Å²) in [6.07, 6.45) is 0. The van der Waals surface area contributed by atoms with E-state index in [2.05, 4.69) is 0 Å². The summed E-state index contributed by atoms with van der Waals surface area (Å²) in [6.45, 7) is 0. The van der Waals surface area contributed by atoms with Crippen LogP contribution in [0.25, 0.3) is 0 Å². The second-order valence-electron chi connectivity index (χ2n) is 4.46. The summed E-state index contributed by atoms with van der Waals surface area (Å²) < 4.78 is 0. The number of rotatable bonds is 4. The van der Waals surface area contributed by atoms with Crippen LogP contribution < -0.4 is 11.5 Å². The normalized spacial score (nSPS) is 9.54. The molecule has 0 aliphatic rings. The van der Waals surface area contributed by atoms with Crippen LogP contribution in [0, 0.1) is 40.5 Å². The van der Waals surface area contributed by atoms with E-state index in [-0.39, 0.29) is 11.4 Å². The van der Waals surface area contributed by atoms with Gasteiger partial charge in [0.2, 0.25) is 0 Å². The number of para-hydroxylation sites is 2. The lowest BCUT2D eigenvalue weighted by molar-refractivity contribution is -0.421. The number of hydrogen-bond acceptors (Lipinski definition) is 10. The first-order valence-corrected chi connectivity index (χ1v) is 6.42. The van der Waals surface area contributed by atoms with E-state index in [0.29, 0.717) is 0 Å². The smallest absolute Gasteiger partial charge is 0.368 e. The molecule has 0 aromatic heterocycles. The molecule has 0 atom stereocenters. The largest absolute Gasteiger partial charge is 0.393 e. The van der Waals surface area contributed by atoms with Gasteiger partial charge in [-0.2, -0.15) is 0 Å². The van der Waals surface area contributed by atoms with Crippen LogP contribution in [0.2, 0.25) is 0 Å². The third kappa shape index (κ3) is 4.34. The minimum atomic E-state index is -0.868. The standard InChI is InChI=1S/2C6H5N3O4/c2*7-4-2-1-3-5(8(10)11)6(4)9(12)13/h2*1-3H,7H2. The molecule has 136 valence electrons. The molecule has 14 heteroatoms. The van der Waals surface area contributed by atoms with Crippen LogP contribution in [0.15, 0.2) is 36.4 Å². The van der Waals surface area contributed by atoms with Gasteiger partial charge in [-0.3, -0.25) is 40.5 Å². The Morgan fingerprint density at radius 2 is 0.885 bits per heavy atom. The van der Waals surface area contributed by atoms with Crippen LogP contribution in [-0.4, -0.2) is 19.7 Å². The average Bonchev–Trinajstić information content (AvgIpc) is 2.54. The van der Waals surface area contributed by atoms with E-state index in [4.69, 9.17) is 11.5 Å². The molecule has 0 radical (unpaired) electrons. The van der Waals surface area contributed by atoms with Gasteiger partial charge in [0.15, 0.2) is 0 Å². The average molecular weight is 366 g/mol. The van der Waals surface area contributed by atoms with Crippen molar-refractivity contribution in [3.63, 3.8) is 0 Å². The Kier molecular flexibility index (Phi) is 6.02. The Morgan fingerprint density at radius 3 is 1.08 bits per heavy atom. The van der Waals surface area contributed by atoms with Gasteiger partial charge in [0.05, 0.1) is 19.7 Å². The van der Waals surface area contributed by atoms with Gasteiger partial charge in [-0.1, -0.05) is 12.1 Å². The molecule has 2 aromatic rings. The maximum atomic E-state index is 10.4. The second-order valence-corrected chi connectivity index (χ2v) is 4.46. The third-order valence-electron chi connectivity index (χ3n) is 2.85. The Morgan fingerprint density at radius 1 is 0.577 bits per heavy atom. The van der Waals surface area contributed by atoms with Gasteiger partial charge >= 0.3 is 22.7 Å². The van der Waals surface area contributed by atoms with E-state index < -0.39 is 42.4 Å². The molecule has 0 amide bonds. The molecule has 0 fully saturated rings. The lowest BCUT2D eigenvalue weighted by atomic mass is 10.2. The fourth-order valence-electron chi connectivity index (χ4n) is 1.79. The van der Waals surface area contributed by atoms with E-state index in [1.165, 1.54) is 24.3 Å². The molecule has 0 saturated carbocycles. The summed E-state index contributed by atoms with van der Waals surface area (Å²) in [4.78, 5) is 38.0. The maximum absolute atomic E-state index is 10.4. The molecule has 0 bridgehead atoms. The molecule has 2 rings (SSSR count). The number of nitro groups is 4. The van der Waals surface area contributed by atoms with Gasteiger partial charge in [0, 0.05) is 12.1 Å². The topological polar surface area (TPSA) is 225 Å². The molecule has 0 unspecified atom stereocenters. The van der Waals surface area contributed by atoms with Crippen LogP contribution in [0.3, 0.4) is 0 Å². The number of nitrogens with two attached hydrogens (primary N) is 2. The molecule has 0 spiro atoms. The first-order valence-electron chi connectivity index (χ1n) is 6.42. The Balaban J connectivity index is 0.000000260. The fraction of sp³-hybridized carbons (Fsp3) is 0. The second kappa shape index (κ2) is 7.95. The SMILES string of the molecule is Nc1cccc([N+](=O)[O-])c1[N+](=O)[O-].Nc1cccc([N+](=O)[O-])c1[N+](=O)[O-]. The van der Waals surface area contributed by atoms with Gasteiger partial charge in [-0.25, -0.2) is 0 Å². The van der Waals surface area contributed by atoms with Gasteiger partial charge < -0.3 is 11.5 Å². The van der Waals surface area contributed by atoms with Crippen LogP contribution in [-0.2, 0) is 0 Å². The maximum Gasteiger partial charge on any atom is 0.368 e. The summed E-state index contributed by atoms with van der Waals surface area (Å²) in [7, 11) is 0. The summed E-state index contributed by atoms with van der Waals surface area (Å²) in [5.41, 5.74) is 7.51. The van der Waals surface area contributed by atoms with Gasteiger partial charge in [0.25, 0.3) is 0 Å². The van der Waals surface area contributed by atoms with Crippen molar-refractivity contribution >= 4 is 34.1 Å². The number of hydrogen-bond donors (Lipinski definition) is 2. The lowest BCUT2D eigenvalue weighted by Gasteiger charge is -1.96. The zero-order valence-electron chi connectivity index (χ0n) is 12.7. The highest BCUT2D eigenvalue weighted by atomic mass is 16.6. The predicted molar refractivity (Wildman–Crippen MR) is 88.3 cm³/mol. The zero-order valence-corrected chi connectivity index (χ0v) is 12.7. The minimum Gasteiger partial charge on any atom is -0.393 e. The highest BCUT2D eigenvalue weighted by molar-refractivity contribution is 5.69. The first kappa shape index (κ1) is 19.7. The molecule has 0 saturated heterocycles. The van der Waals surface area contributed by atoms with E-state index in [1.54, 1.807) is 0 Å². The lowest BCUT2D eigenvalue weighted by Crippen LogP contribution is -2.00. The molecule has 0 aliphatic heterocycles. The molecule has 0 aliphatic carbocycles. The van der Waals surface area contributed by atoms with Crippen molar-refractivity contribution in [3.05, 3.63) is 76.9 Å². The molecule has 4 N–H and O–H groups in total. The Bertz CT molecular complexity index is 826. The number of benzene rings is 2. The van der Waals surface area contributed by atoms with Gasteiger partial charge in [0.1, 0.15) is 11.4 Å². The van der Waals surface area contributed by atoms with Crippen molar-refractivity contribution in [2.24, 2.45) is 0 Å². The third-order valence-corrected chi connectivity index (χ3v) is 2.85. The summed E-state index contributed by atoms with van der Waals surface area (Å²) in [6, 6.07) is 7.14. The van der Waals surface area contributed by atoms with Crippen LogP contribution >= 0.6 is 0 Å². The molecule has 2 aromatic carbocycles. The first-order chi connectivity index (χ1) is 12.1. The van der Waals surface area contributed by atoms with E-state index in [0.717, 1.165) is 12.1 Å². The van der Waals surface area contributed by atoms with Crippen molar-refractivity contribution in [3.8, 4) is 0 Å². The Labute approximate surface area is 143 Å². The quantitative estimate of drug-likeness (QED) is 0.455. The van der Waals surface area contributed by atoms with Gasteiger partial charge in [-0.05, 0) is 12.1 Å². The molecule has 0 heterocycles. The van der Waals surface area contributed by atoms with Crippen molar-refractivity contribution in [1.29, 1.82) is 0 Å². The summed E-state index contributed by atoms with van der Waals surface area (Å²) in [5, 5.41) is 41.4. The summed E-state index contributed by atoms with van der Waals surface area (Å²) in [5.74, 6) is 0. The van der Waals surface area contributed by atoms with Crippen molar-refractivity contribution in [2.45, 2.75) is 0 Å². The molecule has 26 heavy (non-hydrogen) atoms. The summed E-state index contributed by atoms with van der Waals surface area (Å²) >= 11 is 0. The van der Waals surface area contributed by atoms with Crippen LogP contribution in [0.1, 0.15) is 0 Å². The van der Waals surface area contributed by atoms with E-state index in [1.807, 2.05) is 0 Å². The number of nitro benzene ring substituents is 4. The minimum absolute atomic E-state index is 0.209.